The summed E-state index contributed by atoms with van der Waals surface area (Å²) in [4.78, 5) is 0. The molecule has 1 saturated heterocycles. The lowest BCUT2D eigenvalue weighted by Crippen LogP contribution is -2.42. The van der Waals surface area contributed by atoms with E-state index in [-0.39, 0.29) is 5.60 Å². The van der Waals surface area contributed by atoms with Crippen LogP contribution in [0.25, 0.3) is 0 Å². The van der Waals surface area contributed by atoms with E-state index >= 15 is 0 Å². The highest BCUT2D eigenvalue weighted by molar-refractivity contribution is 6.33. The fraction of sp³-hybridized carbons (Fsp3) is 0.625. The van der Waals surface area contributed by atoms with Gasteiger partial charge in [0.1, 0.15) is 0 Å². The minimum atomic E-state index is 0.158. The Morgan fingerprint density at radius 1 is 1.32 bits per heavy atom. The van der Waals surface area contributed by atoms with E-state index < -0.39 is 0 Å². The number of rotatable bonds is 2. The van der Waals surface area contributed by atoms with Crippen molar-refractivity contribution in [2.75, 3.05) is 11.9 Å². The van der Waals surface area contributed by atoms with Gasteiger partial charge in [0.2, 0.25) is 0 Å². The molecule has 3 rings (SSSR count). The second-order valence-corrected chi connectivity index (χ2v) is 6.41. The van der Waals surface area contributed by atoms with Crippen molar-refractivity contribution < 1.29 is 4.74 Å². The van der Waals surface area contributed by atoms with Gasteiger partial charge in [-0.3, -0.25) is 0 Å². The zero-order chi connectivity index (χ0) is 13.3. The standard InChI is InChI=1S/C16H22ClNO/c1-12-5-4-6-14(17)15(12)18-13-7-10-19-16(11-13)8-2-3-9-16/h4-6,13,18H,2-3,7-11H2,1H3. The highest BCUT2D eigenvalue weighted by Gasteiger charge is 2.39. The monoisotopic (exact) mass is 279 g/mol. The number of benzene rings is 1. The lowest BCUT2D eigenvalue weighted by atomic mass is 9.88. The molecule has 2 aliphatic rings. The van der Waals surface area contributed by atoms with E-state index in [1.165, 1.54) is 31.2 Å². The van der Waals surface area contributed by atoms with Gasteiger partial charge in [0.05, 0.1) is 16.3 Å². The lowest BCUT2D eigenvalue weighted by Gasteiger charge is -2.39. The van der Waals surface area contributed by atoms with Crippen LogP contribution < -0.4 is 5.32 Å². The summed E-state index contributed by atoms with van der Waals surface area (Å²) in [6, 6.07) is 6.57. The summed E-state index contributed by atoms with van der Waals surface area (Å²) < 4.78 is 6.08. The molecule has 0 radical (unpaired) electrons. The molecule has 104 valence electrons. The van der Waals surface area contributed by atoms with Crippen LogP contribution in [0.15, 0.2) is 18.2 Å². The van der Waals surface area contributed by atoms with Crippen LogP contribution in [-0.2, 0) is 4.74 Å². The maximum absolute atomic E-state index is 6.31. The molecule has 1 aromatic carbocycles. The van der Waals surface area contributed by atoms with Crippen molar-refractivity contribution in [3.63, 3.8) is 0 Å². The third kappa shape index (κ3) is 2.75. The van der Waals surface area contributed by atoms with Crippen LogP contribution in [0.3, 0.4) is 0 Å². The summed E-state index contributed by atoms with van der Waals surface area (Å²) in [5.74, 6) is 0. The fourth-order valence-corrected chi connectivity index (χ4v) is 3.81. The zero-order valence-corrected chi connectivity index (χ0v) is 12.3. The summed E-state index contributed by atoms with van der Waals surface area (Å²) in [6.07, 6.45) is 7.29. The predicted molar refractivity (Wildman–Crippen MR) is 80.0 cm³/mol. The molecular weight excluding hydrogens is 258 g/mol. The molecule has 2 fully saturated rings. The lowest BCUT2D eigenvalue weighted by molar-refractivity contribution is -0.0767. The van der Waals surface area contributed by atoms with Crippen molar-refractivity contribution in [1.82, 2.24) is 0 Å². The molecule has 3 heteroatoms. The molecule has 0 aromatic heterocycles. The molecule has 1 atom stereocenters. The van der Waals surface area contributed by atoms with Crippen molar-refractivity contribution >= 4 is 17.3 Å². The number of anilines is 1. The minimum absolute atomic E-state index is 0.158. The molecule has 1 unspecified atom stereocenters. The molecule has 1 aliphatic carbocycles. The number of hydrogen-bond donors (Lipinski definition) is 1. The van der Waals surface area contributed by atoms with Gasteiger partial charge < -0.3 is 10.1 Å². The number of hydrogen-bond acceptors (Lipinski definition) is 2. The van der Waals surface area contributed by atoms with Crippen LogP contribution in [0.1, 0.15) is 44.1 Å². The fourth-order valence-electron chi connectivity index (χ4n) is 3.54. The molecule has 1 heterocycles. The largest absolute Gasteiger partial charge is 0.381 e. The number of nitrogens with one attached hydrogen (secondary N) is 1. The van der Waals surface area contributed by atoms with E-state index in [2.05, 4.69) is 18.3 Å². The maximum Gasteiger partial charge on any atom is 0.0702 e. The Kier molecular flexibility index (Phi) is 3.72. The summed E-state index contributed by atoms with van der Waals surface area (Å²) in [5, 5.41) is 4.48. The molecule has 1 aliphatic heterocycles. The topological polar surface area (TPSA) is 21.3 Å². The Labute approximate surface area is 120 Å². The van der Waals surface area contributed by atoms with Gasteiger partial charge in [-0.15, -0.1) is 0 Å². The Bertz CT molecular complexity index is 434. The zero-order valence-electron chi connectivity index (χ0n) is 11.5. The first-order valence-electron chi connectivity index (χ1n) is 7.34. The predicted octanol–water partition coefficient (Wildman–Crippen LogP) is 4.55. The van der Waals surface area contributed by atoms with Crippen LogP contribution in [-0.4, -0.2) is 18.2 Å². The van der Waals surface area contributed by atoms with E-state index in [1.54, 1.807) is 0 Å². The Balaban J connectivity index is 1.73. The van der Waals surface area contributed by atoms with Crippen LogP contribution in [0, 0.1) is 6.92 Å². The van der Waals surface area contributed by atoms with Gasteiger partial charge in [-0.05, 0) is 44.2 Å². The van der Waals surface area contributed by atoms with E-state index in [1.807, 2.05) is 12.1 Å². The summed E-state index contributed by atoms with van der Waals surface area (Å²) in [7, 11) is 0. The molecule has 19 heavy (non-hydrogen) atoms. The first-order valence-corrected chi connectivity index (χ1v) is 7.72. The van der Waals surface area contributed by atoms with Crippen molar-refractivity contribution in [2.24, 2.45) is 0 Å². The Morgan fingerprint density at radius 2 is 2.11 bits per heavy atom. The molecule has 0 bridgehead atoms. The van der Waals surface area contributed by atoms with Gasteiger partial charge in [-0.25, -0.2) is 0 Å². The van der Waals surface area contributed by atoms with Crippen molar-refractivity contribution in [3.05, 3.63) is 28.8 Å². The van der Waals surface area contributed by atoms with E-state index in [4.69, 9.17) is 16.3 Å². The molecule has 1 spiro atoms. The van der Waals surface area contributed by atoms with Crippen LogP contribution in [0.5, 0.6) is 0 Å². The van der Waals surface area contributed by atoms with Crippen molar-refractivity contribution in [3.8, 4) is 0 Å². The Hall–Kier alpha value is -0.730. The molecular formula is C16H22ClNO. The first-order chi connectivity index (χ1) is 9.19. The second kappa shape index (κ2) is 5.34. The van der Waals surface area contributed by atoms with Gasteiger partial charge in [0.25, 0.3) is 0 Å². The average Bonchev–Trinajstić information content (AvgIpc) is 2.82. The maximum atomic E-state index is 6.31. The number of ether oxygens (including phenoxy) is 1. The highest BCUT2D eigenvalue weighted by Crippen LogP contribution is 2.41. The van der Waals surface area contributed by atoms with Crippen molar-refractivity contribution in [2.45, 2.75) is 57.1 Å². The molecule has 1 saturated carbocycles. The summed E-state index contributed by atoms with van der Waals surface area (Å²) in [6.45, 7) is 2.99. The minimum Gasteiger partial charge on any atom is -0.381 e. The molecule has 1 N–H and O–H groups in total. The third-order valence-electron chi connectivity index (χ3n) is 4.58. The van der Waals surface area contributed by atoms with Gasteiger partial charge in [0, 0.05) is 12.6 Å². The first kappa shape index (κ1) is 13.3. The van der Waals surface area contributed by atoms with Crippen molar-refractivity contribution in [1.29, 1.82) is 0 Å². The van der Waals surface area contributed by atoms with Gasteiger partial charge in [0.15, 0.2) is 0 Å². The van der Waals surface area contributed by atoms with Crippen LogP contribution in [0.2, 0.25) is 5.02 Å². The van der Waals surface area contributed by atoms with E-state index in [0.717, 1.165) is 30.2 Å². The van der Waals surface area contributed by atoms with Gasteiger partial charge in [-0.1, -0.05) is 36.6 Å². The molecule has 2 nitrogen and oxygen atoms in total. The number of aryl methyl sites for hydroxylation is 1. The van der Waals surface area contributed by atoms with E-state index in [9.17, 15) is 0 Å². The van der Waals surface area contributed by atoms with Crippen LogP contribution in [0.4, 0.5) is 5.69 Å². The Morgan fingerprint density at radius 3 is 2.84 bits per heavy atom. The molecule has 1 aromatic rings. The quantitative estimate of drug-likeness (QED) is 0.857. The number of halogens is 1. The smallest absolute Gasteiger partial charge is 0.0702 e. The van der Waals surface area contributed by atoms with Crippen LogP contribution >= 0.6 is 11.6 Å². The van der Waals surface area contributed by atoms with Gasteiger partial charge >= 0.3 is 0 Å². The highest BCUT2D eigenvalue weighted by atomic mass is 35.5. The van der Waals surface area contributed by atoms with Gasteiger partial charge in [-0.2, -0.15) is 0 Å². The van der Waals surface area contributed by atoms with E-state index in [0.29, 0.717) is 6.04 Å². The summed E-state index contributed by atoms with van der Waals surface area (Å²) in [5.41, 5.74) is 2.48. The second-order valence-electron chi connectivity index (χ2n) is 6.00. The third-order valence-corrected chi connectivity index (χ3v) is 4.89. The average molecular weight is 280 g/mol. The molecule has 0 amide bonds. The SMILES string of the molecule is Cc1cccc(Cl)c1NC1CCOC2(CCCC2)C1. The normalized spacial score (nSPS) is 25.7. The number of para-hydroxylation sites is 1. The summed E-state index contributed by atoms with van der Waals surface area (Å²) >= 11 is 6.31.